The van der Waals surface area contributed by atoms with Gasteiger partial charge in [-0.1, -0.05) is 24.3 Å². The zero-order valence-electron chi connectivity index (χ0n) is 15.2. The number of ketones is 1. The van der Waals surface area contributed by atoms with Crippen molar-refractivity contribution >= 4 is 27.9 Å². The van der Waals surface area contributed by atoms with E-state index in [0.717, 1.165) is 4.80 Å². The lowest BCUT2D eigenvalue weighted by Gasteiger charge is -2.13. The molecule has 5 rings (SSSR count). The minimum absolute atomic E-state index is 0.00416. The summed E-state index contributed by atoms with van der Waals surface area (Å²) in [6.07, 6.45) is 0. The van der Waals surface area contributed by atoms with Gasteiger partial charge in [0.1, 0.15) is 27.8 Å². The fraction of sp³-hybridized carbons (Fsp3) is 0.0500. The van der Waals surface area contributed by atoms with Gasteiger partial charge < -0.3 is 10.2 Å². The SMILES string of the molecule is CC(=O)c1cc(-n2nc3ccccc3n2)c(O)c(-n2nc3ccccc3n2)c1O. The lowest BCUT2D eigenvalue weighted by molar-refractivity contribution is 0.101. The highest BCUT2D eigenvalue weighted by atomic mass is 16.3. The van der Waals surface area contributed by atoms with Gasteiger partial charge in [0.2, 0.25) is 0 Å². The molecule has 0 aliphatic carbocycles. The lowest BCUT2D eigenvalue weighted by atomic mass is 10.1. The molecule has 3 aromatic carbocycles. The van der Waals surface area contributed by atoms with E-state index in [0.29, 0.717) is 22.1 Å². The summed E-state index contributed by atoms with van der Waals surface area (Å²) in [6, 6.07) is 15.7. The third-order valence-electron chi connectivity index (χ3n) is 4.60. The highest BCUT2D eigenvalue weighted by Crippen LogP contribution is 2.39. The van der Waals surface area contributed by atoms with Crippen molar-refractivity contribution in [1.29, 1.82) is 0 Å². The molecule has 2 heterocycles. The van der Waals surface area contributed by atoms with E-state index >= 15 is 0 Å². The number of nitrogens with zero attached hydrogens (tertiary/aromatic N) is 6. The summed E-state index contributed by atoms with van der Waals surface area (Å²) in [5, 5.41) is 39.0. The maximum Gasteiger partial charge on any atom is 0.174 e. The molecule has 0 atom stereocenters. The summed E-state index contributed by atoms with van der Waals surface area (Å²) in [5.41, 5.74) is 2.39. The maximum atomic E-state index is 12.1. The minimum atomic E-state index is -0.421. The van der Waals surface area contributed by atoms with Crippen LogP contribution in [0.5, 0.6) is 11.5 Å². The first-order chi connectivity index (χ1) is 14.0. The van der Waals surface area contributed by atoms with Gasteiger partial charge in [0, 0.05) is 0 Å². The number of phenolic OH excluding ortho intramolecular Hbond substituents is 2. The first kappa shape index (κ1) is 16.9. The standard InChI is InChI=1S/C20H14N6O3/c1-11(27)12-10-17(25-21-13-6-2-3-7-14(13)22-25)20(29)18(19(12)28)26-23-15-8-4-5-9-16(15)24-26/h2-10,28-29H,1H3. The van der Waals surface area contributed by atoms with E-state index in [4.69, 9.17) is 0 Å². The number of aromatic nitrogens is 6. The van der Waals surface area contributed by atoms with Gasteiger partial charge in [0.15, 0.2) is 23.0 Å². The first-order valence-electron chi connectivity index (χ1n) is 8.78. The summed E-state index contributed by atoms with van der Waals surface area (Å²) < 4.78 is 0. The Morgan fingerprint density at radius 3 is 1.66 bits per heavy atom. The van der Waals surface area contributed by atoms with Gasteiger partial charge in [-0.2, -0.15) is 0 Å². The van der Waals surface area contributed by atoms with Crippen LogP contribution in [-0.2, 0) is 0 Å². The topological polar surface area (TPSA) is 119 Å². The monoisotopic (exact) mass is 386 g/mol. The smallest absolute Gasteiger partial charge is 0.174 e. The second kappa shape index (κ2) is 6.13. The van der Waals surface area contributed by atoms with Gasteiger partial charge in [-0.15, -0.1) is 30.0 Å². The van der Waals surface area contributed by atoms with Crippen molar-refractivity contribution in [1.82, 2.24) is 30.0 Å². The molecule has 0 saturated heterocycles. The summed E-state index contributed by atoms with van der Waals surface area (Å²) >= 11 is 0. The van der Waals surface area contributed by atoms with Crippen molar-refractivity contribution in [3.63, 3.8) is 0 Å². The number of Topliss-reactive ketones (excluding diaryl/α,β-unsaturated/α-hetero) is 1. The van der Waals surface area contributed by atoms with E-state index in [1.54, 1.807) is 36.4 Å². The zero-order valence-corrected chi connectivity index (χ0v) is 15.2. The minimum Gasteiger partial charge on any atom is -0.505 e. The van der Waals surface area contributed by atoms with Crippen LogP contribution in [0.2, 0.25) is 0 Å². The summed E-state index contributed by atoms with van der Waals surface area (Å²) in [5.74, 6) is -1.16. The third kappa shape index (κ3) is 2.59. The molecule has 0 radical (unpaired) electrons. The number of hydrogen-bond acceptors (Lipinski definition) is 7. The van der Waals surface area contributed by atoms with E-state index < -0.39 is 11.5 Å². The Labute approximate surface area is 163 Å². The predicted octanol–water partition coefficient (Wildman–Crippen LogP) is 2.77. The van der Waals surface area contributed by atoms with E-state index in [-0.39, 0.29) is 22.7 Å². The van der Waals surface area contributed by atoms with Crippen LogP contribution in [0, 0.1) is 0 Å². The quantitative estimate of drug-likeness (QED) is 0.458. The van der Waals surface area contributed by atoms with Crippen molar-refractivity contribution in [2.45, 2.75) is 6.92 Å². The number of fused-ring (bicyclic) bond motifs is 2. The zero-order chi connectivity index (χ0) is 20.1. The molecule has 9 nitrogen and oxygen atoms in total. The highest BCUT2D eigenvalue weighted by Gasteiger charge is 2.25. The summed E-state index contributed by atoms with van der Waals surface area (Å²) in [7, 11) is 0. The van der Waals surface area contributed by atoms with Crippen LogP contribution in [0.3, 0.4) is 0 Å². The molecule has 142 valence electrons. The highest BCUT2D eigenvalue weighted by molar-refractivity contribution is 5.99. The number of phenols is 2. The van der Waals surface area contributed by atoms with E-state index in [1.165, 1.54) is 17.8 Å². The summed E-state index contributed by atoms with van der Waals surface area (Å²) in [6.45, 7) is 1.32. The van der Waals surface area contributed by atoms with Gasteiger partial charge in [-0.3, -0.25) is 4.79 Å². The lowest BCUT2D eigenvalue weighted by Crippen LogP contribution is -2.08. The van der Waals surface area contributed by atoms with Crippen molar-refractivity contribution < 1.29 is 15.0 Å². The molecule has 29 heavy (non-hydrogen) atoms. The number of aromatic hydroxyl groups is 2. The molecule has 9 heteroatoms. The van der Waals surface area contributed by atoms with Crippen molar-refractivity contribution in [3.8, 4) is 22.9 Å². The Bertz CT molecular complexity index is 1350. The molecule has 2 aromatic heterocycles. The van der Waals surface area contributed by atoms with Gasteiger partial charge in [0.25, 0.3) is 0 Å². The number of hydrogen-bond donors (Lipinski definition) is 2. The average Bonchev–Trinajstić information content (AvgIpc) is 3.31. The van der Waals surface area contributed by atoms with Crippen LogP contribution < -0.4 is 0 Å². The van der Waals surface area contributed by atoms with Crippen LogP contribution in [0.25, 0.3) is 33.4 Å². The van der Waals surface area contributed by atoms with E-state index in [1.807, 2.05) is 12.1 Å². The maximum absolute atomic E-state index is 12.1. The molecule has 0 saturated carbocycles. The van der Waals surface area contributed by atoms with E-state index in [9.17, 15) is 15.0 Å². The third-order valence-corrected chi connectivity index (χ3v) is 4.60. The second-order valence-electron chi connectivity index (χ2n) is 6.50. The Hall–Kier alpha value is -4.27. The molecular formula is C20H14N6O3. The number of carbonyl (C=O) groups is 1. The fourth-order valence-electron chi connectivity index (χ4n) is 3.17. The molecule has 0 aliphatic heterocycles. The average molecular weight is 386 g/mol. The number of benzene rings is 3. The Balaban J connectivity index is 1.81. The van der Waals surface area contributed by atoms with Crippen LogP contribution >= 0.6 is 0 Å². The molecule has 0 amide bonds. The van der Waals surface area contributed by atoms with Crippen LogP contribution in [-0.4, -0.2) is 46.0 Å². The molecule has 0 fully saturated rings. The molecule has 0 unspecified atom stereocenters. The summed E-state index contributed by atoms with van der Waals surface area (Å²) in [4.78, 5) is 14.5. The molecule has 0 spiro atoms. The van der Waals surface area contributed by atoms with Crippen LogP contribution in [0.15, 0.2) is 54.6 Å². The fourth-order valence-corrected chi connectivity index (χ4v) is 3.17. The molecule has 2 N–H and O–H groups in total. The van der Waals surface area contributed by atoms with Gasteiger partial charge in [-0.25, -0.2) is 0 Å². The first-order valence-corrected chi connectivity index (χ1v) is 8.78. The molecule has 0 bridgehead atoms. The van der Waals surface area contributed by atoms with Crippen molar-refractivity contribution in [2.75, 3.05) is 0 Å². The van der Waals surface area contributed by atoms with Crippen molar-refractivity contribution in [2.24, 2.45) is 0 Å². The Morgan fingerprint density at radius 2 is 1.21 bits per heavy atom. The Morgan fingerprint density at radius 1 is 0.759 bits per heavy atom. The van der Waals surface area contributed by atoms with Crippen LogP contribution in [0.4, 0.5) is 0 Å². The number of carbonyl (C=O) groups excluding carboxylic acids is 1. The van der Waals surface area contributed by atoms with Gasteiger partial charge >= 0.3 is 0 Å². The molecular weight excluding hydrogens is 372 g/mol. The molecule has 0 aliphatic rings. The predicted molar refractivity (Wildman–Crippen MR) is 105 cm³/mol. The largest absolute Gasteiger partial charge is 0.505 e. The number of rotatable bonds is 3. The van der Waals surface area contributed by atoms with Crippen molar-refractivity contribution in [3.05, 3.63) is 60.2 Å². The Kier molecular flexibility index (Phi) is 3.56. The van der Waals surface area contributed by atoms with Gasteiger partial charge in [0.05, 0.1) is 5.56 Å². The normalized spacial score (nSPS) is 11.3. The van der Waals surface area contributed by atoms with Crippen LogP contribution in [0.1, 0.15) is 17.3 Å². The second-order valence-corrected chi connectivity index (χ2v) is 6.50. The van der Waals surface area contributed by atoms with E-state index in [2.05, 4.69) is 20.4 Å². The van der Waals surface area contributed by atoms with Gasteiger partial charge in [-0.05, 0) is 37.3 Å². The molecule has 5 aromatic rings.